The molecule has 0 saturated heterocycles. The lowest BCUT2D eigenvalue weighted by Crippen LogP contribution is -2.12. The van der Waals surface area contributed by atoms with Gasteiger partial charge in [-0.05, 0) is 30.9 Å². The lowest BCUT2D eigenvalue weighted by Gasteiger charge is -2.14. The third kappa shape index (κ3) is 3.80. The highest BCUT2D eigenvalue weighted by molar-refractivity contribution is 5.28. The standard InChI is InChI=1S/C16H20N2O/c1-19-16-14(10-6-12-18-16)15(17)11-5-9-13-7-3-2-4-8-13/h2-4,6-8,10,12,15H,5,9,11,17H2,1H3. The van der Waals surface area contributed by atoms with E-state index in [1.165, 1.54) is 5.56 Å². The summed E-state index contributed by atoms with van der Waals surface area (Å²) in [4.78, 5) is 4.18. The molecule has 1 aromatic carbocycles. The topological polar surface area (TPSA) is 48.1 Å². The van der Waals surface area contributed by atoms with Crippen molar-refractivity contribution >= 4 is 0 Å². The van der Waals surface area contributed by atoms with Crippen LogP contribution < -0.4 is 10.5 Å². The van der Waals surface area contributed by atoms with Gasteiger partial charge in [0.05, 0.1) is 7.11 Å². The van der Waals surface area contributed by atoms with Crippen molar-refractivity contribution in [1.82, 2.24) is 4.98 Å². The van der Waals surface area contributed by atoms with Crippen LogP contribution in [-0.2, 0) is 6.42 Å². The van der Waals surface area contributed by atoms with Gasteiger partial charge in [0.15, 0.2) is 0 Å². The molecule has 1 heterocycles. The zero-order valence-corrected chi connectivity index (χ0v) is 11.3. The average molecular weight is 256 g/mol. The second kappa shape index (κ2) is 6.90. The quantitative estimate of drug-likeness (QED) is 0.864. The molecular weight excluding hydrogens is 236 g/mol. The molecule has 3 nitrogen and oxygen atoms in total. The highest BCUT2D eigenvalue weighted by Crippen LogP contribution is 2.24. The van der Waals surface area contributed by atoms with Crippen LogP contribution in [0.5, 0.6) is 5.88 Å². The van der Waals surface area contributed by atoms with Crippen molar-refractivity contribution < 1.29 is 4.74 Å². The first kappa shape index (κ1) is 13.6. The molecule has 0 radical (unpaired) electrons. The normalized spacial score (nSPS) is 12.1. The monoisotopic (exact) mass is 256 g/mol. The number of nitrogens with zero attached hydrogens (tertiary/aromatic N) is 1. The number of pyridine rings is 1. The number of benzene rings is 1. The van der Waals surface area contributed by atoms with E-state index in [4.69, 9.17) is 10.5 Å². The molecule has 19 heavy (non-hydrogen) atoms. The van der Waals surface area contributed by atoms with E-state index in [-0.39, 0.29) is 6.04 Å². The van der Waals surface area contributed by atoms with E-state index in [0.717, 1.165) is 24.8 Å². The zero-order valence-electron chi connectivity index (χ0n) is 11.3. The third-order valence-corrected chi connectivity index (χ3v) is 3.22. The Morgan fingerprint density at radius 2 is 1.95 bits per heavy atom. The number of methoxy groups -OCH3 is 1. The SMILES string of the molecule is COc1ncccc1C(N)CCCc1ccccc1. The van der Waals surface area contributed by atoms with Crippen molar-refractivity contribution in [1.29, 1.82) is 0 Å². The van der Waals surface area contributed by atoms with Crippen LogP contribution in [0.25, 0.3) is 0 Å². The Morgan fingerprint density at radius 1 is 1.16 bits per heavy atom. The Kier molecular flexibility index (Phi) is 4.93. The Morgan fingerprint density at radius 3 is 2.68 bits per heavy atom. The molecule has 0 amide bonds. The van der Waals surface area contributed by atoms with Gasteiger partial charge in [-0.2, -0.15) is 0 Å². The summed E-state index contributed by atoms with van der Waals surface area (Å²) in [6.45, 7) is 0. The first-order chi connectivity index (χ1) is 9.31. The van der Waals surface area contributed by atoms with Crippen molar-refractivity contribution in [2.24, 2.45) is 5.73 Å². The largest absolute Gasteiger partial charge is 0.481 e. The van der Waals surface area contributed by atoms with Crippen molar-refractivity contribution in [3.8, 4) is 5.88 Å². The number of nitrogens with two attached hydrogens (primary N) is 1. The van der Waals surface area contributed by atoms with E-state index >= 15 is 0 Å². The third-order valence-electron chi connectivity index (χ3n) is 3.22. The molecule has 0 aliphatic rings. The van der Waals surface area contributed by atoms with Crippen molar-refractivity contribution in [3.05, 3.63) is 59.8 Å². The van der Waals surface area contributed by atoms with Gasteiger partial charge in [0.25, 0.3) is 0 Å². The summed E-state index contributed by atoms with van der Waals surface area (Å²) >= 11 is 0. The van der Waals surface area contributed by atoms with Crippen LogP contribution in [0.3, 0.4) is 0 Å². The van der Waals surface area contributed by atoms with Gasteiger partial charge in [-0.15, -0.1) is 0 Å². The minimum absolute atomic E-state index is 0.0210. The van der Waals surface area contributed by atoms with Crippen LogP contribution in [0.15, 0.2) is 48.7 Å². The number of rotatable bonds is 6. The van der Waals surface area contributed by atoms with Gasteiger partial charge in [-0.25, -0.2) is 4.98 Å². The Balaban J connectivity index is 1.89. The number of hydrogen-bond acceptors (Lipinski definition) is 3. The van der Waals surface area contributed by atoms with Crippen molar-refractivity contribution in [2.45, 2.75) is 25.3 Å². The Labute approximate surface area is 114 Å². The molecule has 2 aromatic rings. The van der Waals surface area contributed by atoms with E-state index in [2.05, 4.69) is 29.2 Å². The molecule has 2 rings (SSSR count). The van der Waals surface area contributed by atoms with E-state index < -0.39 is 0 Å². The van der Waals surface area contributed by atoms with Crippen LogP contribution in [-0.4, -0.2) is 12.1 Å². The minimum Gasteiger partial charge on any atom is -0.481 e. The van der Waals surface area contributed by atoms with Gasteiger partial charge < -0.3 is 10.5 Å². The fraction of sp³-hybridized carbons (Fsp3) is 0.312. The van der Waals surface area contributed by atoms with Gasteiger partial charge in [-0.3, -0.25) is 0 Å². The molecule has 100 valence electrons. The van der Waals surface area contributed by atoms with E-state index in [1.807, 2.05) is 18.2 Å². The smallest absolute Gasteiger partial charge is 0.217 e. The number of hydrogen-bond donors (Lipinski definition) is 1. The molecule has 1 aromatic heterocycles. The highest BCUT2D eigenvalue weighted by atomic mass is 16.5. The molecule has 0 saturated carbocycles. The van der Waals surface area contributed by atoms with Crippen molar-refractivity contribution in [3.63, 3.8) is 0 Å². The molecule has 0 aliphatic carbocycles. The maximum Gasteiger partial charge on any atom is 0.217 e. The van der Waals surface area contributed by atoms with Crippen LogP contribution in [0.2, 0.25) is 0 Å². The second-order valence-electron chi connectivity index (χ2n) is 4.59. The molecule has 0 fully saturated rings. The van der Waals surface area contributed by atoms with Crippen LogP contribution in [0.4, 0.5) is 0 Å². The van der Waals surface area contributed by atoms with Gasteiger partial charge >= 0.3 is 0 Å². The molecule has 2 N–H and O–H groups in total. The maximum absolute atomic E-state index is 6.22. The summed E-state index contributed by atoms with van der Waals surface area (Å²) in [5.74, 6) is 0.634. The highest BCUT2D eigenvalue weighted by Gasteiger charge is 2.11. The summed E-state index contributed by atoms with van der Waals surface area (Å²) in [5, 5.41) is 0. The molecule has 0 spiro atoms. The van der Waals surface area contributed by atoms with Gasteiger partial charge in [0.1, 0.15) is 0 Å². The summed E-state index contributed by atoms with van der Waals surface area (Å²) < 4.78 is 5.24. The lowest BCUT2D eigenvalue weighted by molar-refractivity contribution is 0.386. The van der Waals surface area contributed by atoms with E-state index in [1.54, 1.807) is 13.3 Å². The summed E-state index contributed by atoms with van der Waals surface area (Å²) in [6.07, 6.45) is 4.76. The summed E-state index contributed by atoms with van der Waals surface area (Å²) in [7, 11) is 1.63. The first-order valence-electron chi connectivity index (χ1n) is 6.59. The molecule has 0 bridgehead atoms. The van der Waals surface area contributed by atoms with Crippen molar-refractivity contribution in [2.75, 3.05) is 7.11 Å². The minimum atomic E-state index is -0.0210. The van der Waals surface area contributed by atoms with Crippen LogP contribution in [0, 0.1) is 0 Å². The van der Waals surface area contributed by atoms with Crippen LogP contribution in [0.1, 0.15) is 30.0 Å². The maximum atomic E-state index is 6.22. The number of aryl methyl sites for hydroxylation is 1. The van der Waals surface area contributed by atoms with E-state index in [9.17, 15) is 0 Å². The Hall–Kier alpha value is -1.87. The molecular formula is C16H20N2O. The average Bonchev–Trinajstić information content (AvgIpc) is 2.48. The van der Waals surface area contributed by atoms with E-state index in [0.29, 0.717) is 5.88 Å². The van der Waals surface area contributed by atoms with Gasteiger partial charge in [0, 0.05) is 17.8 Å². The molecule has 0 aliphatic heterocycles. The molecule has 1 unspecified atom stereocenters. The predicted molar refractivity (Wildman–Crippen MR) is 77.1 cm³/mol. The van der Waals surface area contributed by atoms with Gasteiger partial charge in [0.2, 0.25) is 5.88 Å². The van der Waals surface area contributed by atoms with Gasteiger partial charge in [-0.1, -0.05) is 36.4 Å². The van der Waals surface area contributed by atoms with Crippen LogP contribution >= 0.6 is 0 Å². The molecule has 3 heteroatoms. The second-order valence-corrected chi connectivity index (χ2v) is 4.59. The fourth-order valence-electron chi connectivity index (χ4n) is 2.18. The molecule has 1 atom stereocenters. The zero-order chi connectivity index (χ0) is 13.5. The summed E-state index contributed by atoms with van der Waals surface area (Å²) in [5.41, 5.74) is 8.55. The first-order valence-corrected chi connectivity index (χ1v) is 6.59. The number of aromatic nitrogens is 1. The fourth-order valence-corrected chi connectivity index (χ4v) is 2.18. The summed E-state index contributed by atoms with van der Waals surface area (Å²) in [6, 6.07) is 14.3. The predicted octanol–water partition coefficient (Wildman–Crippen LogP) is 3.11. The Bertz CT molecular complexity index is 499. The lowest BCUT2D eigenvalue weighted by atomic mass is 10.0. The number of ether oxygens (including phenoxy) is 1.